The van der Waals surface area contributed by atoms with Crippen molar-refractivity contribution in [3.05, 3.63) is 22.8 Å². The topological polar surface area (TPSA) is 72.8 Å². The third-order valence-electron chi connectivity index (χ3n) is 4.28. The van der Waals surface area contributed by atoms with E-state index < -0.39 is 23.4 Å². The number of hydrogen-bond acceptors (Lipinski definition) is 6. The summed E-state index contributed by atoms with van der Waals surface area (Å²) in [6, 6.07) is 2.91. The van der Waals surface area contributed by atoms with Crippen LogP contribution in [0.2, 0.25) is 0 Å². The molecule has 1 aromatic carbocycles. The maximum atomic E-state index is 14.2. The van der Waals surface area contributed by atoms with E-state index in [2.05, 4.69) is 0 Å². The first-order valence-corrected chi connectivity index (χ1v) is 7.90. The predicted molar refractivity (Wildman–Crippen MR) is 82.6 cm³/mol. The highest BCUT2D eigenvalue weighted by molar-refractivity contribution is 7.20. The van der Waals surface area contributed by atoms with Gasteiger partial charge in [0.15, 0.2) is 23.1 Å². The smallest absolute Gasteiger partial charge is 0.309 e. The van der Waals surface area contributed by atoms with Crippen LogP contribution in [0.5, 0.6) is 11.5 Å². The van der Waals surface area contributed by atoms with E-state index in [4.69, 9.17) is 9.47 Å². The third-order valence-corrected chi connectivity index (χ3v) is 5.38. The second-order valence-electron chi connectivity index (χ2n) is 5.44. The molecule has 122 valence electrons. The Morgan fingerprint density at radius 2 is 1.96 bits per heavy atom. The zero-order valence-corrected chi connectivity index (χ0v) is 13.4. The molecule has 2 unspecified atom stereocenters. The van der Waals surface area contributed by atoms with Gasteiger partial charge in [0, 0.05) is 22.1 Å². The predicted octanol–water partition coefficient (Wildman–Crippen LogP) is 3.14. The van der Waals surface area contributed by atoms with Crippen LogP contribution in [-0.2, 0) is 9.53 Å². The molecule has 0 saturated heterocycles. The van der Waals surface area contributed by atoms with Gasteiger partial charge in [-0.25, -0.2) is 4.39 Å². The summed E-state index contributed by atoms with van der Waals surface area (Å²) in [5.74, 6) is -2.79. The van der Waals surface area contributed by atoms with Crippen LogP contribution in [0.3, 0.4) is 0 Å². The molecule has 1 fully saturated rings. The van der Waals surface area contributed by atoms with Gasteiger partial charge in [0.25, 0.3) is 0 Å². The number of benzene rings is 1. The average Bonchev–Trinajstić information content (AvgIpc) is 2.93. The van der Waals surface area contributed by atoms with Gasteiger partial charge in [0.05, 0.1) is 25.0 Å². The minimum absolute atomic E-state index is 0.0203. The molecule has 5 nitrogen and oxygen atoms in total. The Balaban J connectivity index is 1.96. The molecule has 1 aliphatic carbocycles. The first-order valence-electron chi connectivity index (χ1n) is 7.09. The summed E-state index contributed by atoms with van der Waals surface area (Å²) < 4.78 is 24.3. The minimum atomic E-state index is -0.812. The lowest BCUT2D eigenvalue weighted by Gasteiger charge is -2.32. The Morgan fingerprint density at radius 3 is 2.52 bits per heavy atom. The van der Waals surface area contributed by atoms with Crippen LogP contribution in [0, 0.1) is 17.7 Å². The van der Waals surface area contributed by atoms with Gasteiger partial charge >= 0.3 is 5.97 Å². The van der Waals surface area contributed by atoms with Gasteiger partial charge in [-0.1, -0.05) is 0 Å². The highest BCUT2D eigenvalue weighted by Crippen LogP contribution is 2.42. The molecule has 0 radical (unpaired) electrons. The monoisotopic (exact) mass is 338 g/mol. The molecule has 7 heteroatoms. The van der Waals surface area contributed by atoms with E-state index in [0.717, 1.165) is 11.3 Å². The van der Waals surface area contributed by atoms with Crippen molar-refractivity contribution in [3.63, 3.8) is 0 Å². The zero-order valence-electron chi connectivity index (χ0n) is 12.6. The fraction of sp³-hybridized carbons (Fsp3) is 0.375. The number of fused-ring (bicyclic) bond motifs is 1. The van der Waals surface area contributed by atoms with E-state index in [-0.39, 0.29) is 22.9 Å². The maximum absolute atomic E-state index is 14.2. The number of halogens is 1. The van der Waals surface area contributed by atoms with Gasteiger partial charge in [-0.2, -0.15) is 0 Å². The lowest BCUT2D eigenvalue weighted by molar-refractivity contribution is -0.150. The fourth-order valence-electron chi connectivity index (χ4n) is 2.81. The normalized spacial score (nSPS) is 20.1. The highest BCUT2D eigenvalue weighted by atomic mass is 32.1. The number of ether oxygens (including phenoxy) is 2. The van der Waals surface area contributed by atoms with Crippen LogP contribution < -0.4 is 4.74 Å². The van der Waals surface area contributed by atoms with Crippen molar-refractivity contribution in [1.29, 1.82) is 0 Å². The molecule has 2 atom stereocenters. The molecule has 1 heterocycles. The number of methoxy groups -OCH3 is 2. The van der Waals surface area contributed by atoms with E-state index in [1.54, 1.807) is 0 Å². The molecular formula is C16H15FO5S. The molecule has 0 spiro atoms. The van der Waals surface area contributed by atoms with Crippen molar-refractivity contribution in [1.82, 2.24) is 0 Å². The van der Waals surface area contributed by atoms with Gasteiger partial charge in [0.2, 0.25) is 0 Å². The van der Waals surface area contributed by atoms with Crippen LogP contribution >= 0.6 is 11.3 Å². The number of rotatable bonds is 4. The molecule has 0 bridgehead atoms. The highest BCUT2D eigenvalue weighted by Gasteiger charge is 2.42. The molecule has 23 heavy (non-hydrogen) atoms. The van der Waals surface area contributed by atoms with Crippen molar-refractivity contribution in [3.8, 4) is 11.5 Å². The SMILES string of the molecule is COC(=O)C1CCC1C(=O)c1cc2c(F)c(O)c(OC)cc2s1. The van der Waals surface area contributed by atoms with Crippen molar-refractivity contribution >= 4 is 33.2 Å². The van der Waals surface area contributed by atoms with Crippen molar-refractivity contribution in [2.45, 2.75) is 12.8 Å². The number of carbonyl (C=O) groups excluding carboxylic acids is 2. The van der Waals surface area contributed by atoms with Gasteiger partial charge in [0.1, 0.15) is 0 Å². The molecule has 3 rings (SSSR count). The number of ketones is 1. The van der Waals surface area contributed by atoms with Gasteiger partial charge < -0.3 is 14.6 Å². The van der Waals surface area contributed by atoms with Crippen molar-refractivity contribution in [2.24, 2.45) is 11.8 Å². The number of aromatic hydroxyl groups is 1. The van der Waals surface area contributed by atoms with E-state index in [9.17, 15) is 19.1 Å². The molecule has 1 saturated carbocycles. The maximum Gasteiger partial charge on any atom is 0.309 e. The standard InChI is InChI=1S/C16H15FO5S/c1-21-10-6-11-9(13(17)15(10)19)5-12(23-11)14(18)7-3-4-8(7)16(20)22-2/h5-8,19H,3-4H2,1-2H3. The van der Waals surface area contributed by atoms with Crippen molar-refractivity contribution in [2.75, 3.05) is 14.2 Å². The first kappa shape index (κ1) is 15.7. The summed E-state index contributed by atoms with van der Waals surface area (Å²) in [5.41, 5.74) is 0. The Hall–Kier alpha value is -2.15. The van der Waals surface area contributed by atoms with E-state index >= 15 is 0 Å². The lowest BCUT2D eigenvalue weighted by atomic mass is 9.71. The Labute approximate surface area is 135 Å². The fourth-order valence-corrected chi connectivity index (χ4v) is 3.90. The second kappa shape index (κ2) is 5.81. The summed E-state index contributed by atoms with van der Waals surface area (Å²) in [4.78, 5) is 24.5. The molecule has 0 amide bonds. The third kappa shape index (κ3) is 2.45. The average molecular weight is 338 g/mol. The lowest BCUT2D eigenvalue weighted by Crippen LogP contribution is -2.38. The van der Waals surface area contributed by atoms with Gasteiger partial charge in [-0.05, 0) is 18.9 Å². The van der Waals surface area contributed by atoms with Gasteiger partial charge in [-0.3, -0.25) is 9.59 Å². The molecule has 1 N–H and O–H groups in total. The first-order chi connectivity index (χ1) is 11.0. The summed E-state index contributed by atoms with van der Waals surface area (Å²) in [7, 11) is 2.63. The summed E-state index contributed by atoms with van der Waals surface area (Å²) in [5, 5.41) is 9.89. The van der Waals surface area contributed by atoms with Crippen LogP contribution in [0.1, 0.15) is 22.5 Å². The van der Waals surface area contributed by atoms with Crippen molar-refractivity contribution < 1.29 is 28.6 Å². The van der Waals surface area contributed by atoms with Crippen LogP contribution in [0.4, 0.5) is 4.39 Å². The Morgan fingerprint density at radius 1 is 1.26 bits per heavy atom. The number of carbonyl (C=O) groups is 2. The molecule has 1 aliphatic rings. The van der Waals surface area contributed by atoms with Crippen LogP contribution in [-0.4, -0.2) is 31.1 Å². The number of phenolic OH excluding ortho intramolecular Hbond substituents is 1. The molecule has 2 aromatic rings. The number of phenols is 1. The zero-order chi connectivity index (χ0) is 16.7. The van der Waals surface area contributed by atoms with Gasteiger partial charge in [-0.15, -0.1) is 11.3 Å². The van der Waals surface area contributed by atoms with E-state index in [0.29, 0.717) is 22.4 Å². The summed E-state index contributed by atoms with van der Waals surface area (Å²) in [6.45, 7) is 0. The number of Topliss-reactive ketones (excluding diaryl/α,β-unsaturated/α-hetero) is 1. The summed E-state index contributed by atoms with van der Waals surface area (Å²) >= 11 is 1.12. The molecule has 1 aromatic heterocycles. The molecule has 0 aliphatic heterocycles. The number of thiophene rings is 1. The summed E-state index contributed by atoms with van der Waals surface area (Å²) in [6.07, 6.45) is 1.24. The largest absolute Gasteiger partial charge is 0.502 e. The van der Waals surface area contributed by atoms with E-state index in [1.165, 1.54) is 26.4 Å². The Bertz CT molecular complexity index is 797. The van der Waals surface area contributed by atoms with Crippen LogP contribution in [0.25, 0.3) is 10.1 Å². The van der Waals surface area contributed by atoms with E-state index in [1.807, 2.05) is 0 Å². The number of esters is 1. The quantitative estimate of drug-likeness (QED) is 0.685. The minimum Gasteiger partial charge on any atom is -0.502 e. The Kier molecular flexibility index (Phi) is 3.97. The second-order valence-corrected chi connectivity index (χ2v) is 6.53. The number of hydrogen-bond donors (Lipinski definition) is 1. The molecular weight excluding hydrogens is 323 g/mol. The van der Waals surface area contributed by atoms with Crippen LogP contribution in [0.15, 0.2) is 12.1 Å².